The number of aromatic hydroxyl groups is 1. The minimum absolute atomic E-state index is 0.0880. The quantitative estimate of drug-likeness (QED) is 0.544. The molecule has 0 fully saturated rings. The molecule has 2 aromatic rings. The van der Waals surface area contributed by atoms with E-state index in [2.05, 4.69) is 15.8 Å². The van der Waals surface area contributed by atoms with Crippen LogP contribution in [0.5, 0.6) is 5.75 Å². The van der Waals surface area contributed by atoms with Crippen LogP contribution in [0.4, 0.5) is 5.69 Å². The highest BCUT2D eigenvalue weighted by atomic mass is 35.5. The fraction of sp³-hybridized carbons (Fsp3) is 0.118. The standard InChI is InChI=1S/C17H15Cl2N3O3/c1-2-15(23)21-13-5-3-10(4-6-13)17(25)22-20-9-11-7-12(18)8-14(19)16(11)24/h3-9,24H,2H2,1H3,(H,21,23)(H,22,25)/b20-9-. The van der Waals surface area contributed by atoms with Gasteiger partial charge in [-0.05, 0) is 36.4 Å². The summed E-state index contributed by atoms with van der Waals surface area (Å²) in [6, 6.07) is 9.22. The molecule has 130 valence electrons. The molecule has 2 rings (SSSR count). The predicted octanol–water partition coefficient (Wildman–Crippen LogP) is 3.81. The number of benzene rings is 2. The SMILES string of the molecule is CCC(=O)Nc1ccc(C(=O)N/N=C\c2cc(Cl)cc(Cl)c2O)cc1. The summed E-state index contributed by atoms with van der Waals surface area (Å²) in [5.74, 6) is -0.737. The first-order valence-electron chi connectivity index (χ1n) is 7.32. The number of phenols is 1. The summed E-state index contributed by atoms with van der Waals surface area (Å²) in [4.78, 5) is 23.3. The van der Waals surface area contributed by atoms with Gasteiger partial charge in [0.15, 0.2) is 0 Å². The summed E-state index contributed by atoms with van der Waals surface area (Å²) < 4.78 is 0. The van der Waals surface area contributed by atoms with Crippen molar-refractivity contribution < 1.29 is 14.7 Å². The number of nitrogens with one attached hydrogen (secondary N) is 2. The van der Waals surface area contributed by atoms with Gasteiger partial charge in [0.25, 0.3) is 5.91 Å². The van der Waals surface area contributed by atoms with Crippen LogP contribution in [0, 0.1) is 0 Å². The Morgan fingerprint density at radius 3 is 2.52 bits per heavy atom. The maximum Gasteiger partial charge on any atom is 0.271 e. The molecule has 0 unspecified atom stereocenters. The molecule has 0 saturated carbocycles. The Morgan fingerprint density at radius 2 is 1.88 bits per heavy atom. The number of carbonyl (C=O) groups is 2. The molecule has 25 heavy (non-hydrogen) atoms. The number of hydrogen-bond acceptors (Lipinski definition) is 4. The fourth-order valence-electron chi connectivity index (χ4n) is 1.86. The molecule has 2 aromatic carbocycles. The van der Waals surface area contributed by atoms with Crippen LogP contribution in [0.3, 0.4) is 0 Å². The fourth-order valence-corrected chi connectivity index (χ4v) is 2.37. The molecular formula is C17H15Cl2N3O3. The van der Waals surface area contributed by atoms with E-state index in [0.717, 1.165) is 0 Å². The first-order valence-corrected chi connectivity index (χ1v) is 8.07. The largest absolute Gasteiger partial charge is 0.506 e. The summed E-state index contributed by atoms with van der Waals surface area (Å²) >= 11 is 11.7. The predicted molar refractivity (Wildman–Crippen MR) is 98.5 cm³/mol. The second-order valence-electron chi connectivity index (χ2n) is 5.00. The van der Waals surface area contributed by atoms with Crippen LogP contribution in [0.15, 0.2) is 41.5 Å². The van der Waals surface area contributed by atoms with Crippen molar-refractivity contribution in [2.75, 3.05) is 5.32 Å². The van der Waals surface area contributed by atoms with Crippen LogP contribution in [0.1, 0.15) is 29.3 Å². The van der Waals surface area contributed by atoms with Gasteiger partial charge in [0.1, 0.15) is 5.75 Å². The zero-order valence-electron chi connectivity index (χ0n) is 13.2. The van der Waals surface area contributed by atoms with Crippen LogP contribution in [0.25, 0.3) is 0 Å². The highest BCUT2D eigenvalue weighted by molar-refractivity contribution is 6.36. The van der Waals surface area contributed by atoms with E-state index >= 15 is 0 Å². The van der Waals surface area contributed by atoms with Gasteiger partial charge in [0, 0.05) is 28.3 Å². The van der Waals surface area contributed by atoms with Crippen molar-refractivity contribution in [2.45, 2.75) is 13.3 Å². The van der Waals surface area contributed by atoms with E-state index in [-0.39, 0.29) is 22.2 Å². The summed E-state index contributed by atoms with van der Waals surface area (Å²) in [5.41, 5.74) is 3.57. The van der Waals surface area contributed by atoms with Gasteiger partial charge >= 0.3 is 0 Å². The highest BCUT2D eigenvalue weighted by Gasteiger charge is 2.07. The maximum absolute atomic E-state index is 12.0. The first-order chi connectivity index (χ1) is 11.9. The summed E-state index contributed by atoms with van der Waals surface area (Å²) in [5, 5.41) is 16.7. The average Bonchev–Trinajstić information content (AvgIpc) is 2.59. The van der Waals surface area contributed by atoms with Crippen LogP contribution in [-0.4, -0.2) is 23.1 Å². The molecule has 0 bridgehead atoms. The minimum Gasteiger partial charge on any atom is -0.506 e. The van der Waals surface area contributed by atoms with Gasteiger partial charge in [-0.15, -0.1) is 0 Å². The zero-order chi connectivity index (χ0) is 18.4. The third-order valence-electron chi connectivity index (χ3n) is 3.18. The van der Waals surface area contributed by atoms with E-state index in [4.69, 9.17) is 23.2 Å². The van der Waals surface area contributed by atoms with Crippen molar-refractivity contribution in [3.8, 4) is 5.75 Å². The molecule has 0 radical (unpaired) electrons. The molecule has 0 heterocycles. The molecule has 0 atom stereocenters. The van der Waals surface area contributed by atoms with Crippen LogP contribution in [0.2, 0.25) is 10.0 Å². The van der Waals surface area contributed by atoms with Crippen molar-refractivity contribution in [3.05, 3.63) is 57.6 Å². The molecule has 0 aromatic heterocycles. The van der Waals surface area contributed by atoms with E-state index in [1.54, 1.807) is 31.2 Å². The second kappa shape index (κ2) is 8.50. The smallest absolute Gasteiger partial charge is 0.271 e. The lowest BCUT2D eigenvalue weighted by molar-refractivity contribution is -0.115. The zero-order valence-corrected chi connectivity index (χ0v) is 14.7. The van der Waals surface area contributed by atoms with Crippen molar-refractivity contribution >= 4 is 46.9 Å². The van der Waals surface area contributed by atoms with Gasteiger partial charge in [-0.1, -0.05) is 30.1 Å². The lowest BCUT2D eigenvalue weighted by Gasteiger charge is -2.05. The third kappa shape index (κ3) is 5.20. The number of carbonyl (C=O) groups excluding carboxylic acids is 2. The Hall–Kier alpha value is -2.57. The van der Waals surface area contributed by atoms with Gasteiger partial charge < -0.3 is 10.4 Å². The Labute approximate surface area is 154 Å². The minimum atomic E-state index is -0.447. The van der Waals surface area contributed by atoms with Gasteiger partial charge in [-0.3, -0.25) is 9.59 Å². The number of rotatable bonds is 5. The third-order valence-corrected chi connectivity index (χ3v) is 3.69. The first kappa shape index (κ1) is 18.8. The van der Waals surface area contributed by atoms with E-state index in [9.17, 15) is 14.7 Å². The number of amides is 2. The summed E-state index contributed by atoms with van der Waals surface area (Å²) in [6.45, 7) is 1.75. The molecule has 0 aliphatic heterocycles. The number of nitrogens with zero attached hydrogens (tertiary/aromatic N) is 1. The Kier molecular flexibility index (Phi) is 6.38. The molecule has 0 aliphatic rings. The summed E-state index contributed by atoms with van der Waals surface area (Å²) in [6.07, 6.45) is 1.61. The molecule has 0 aliphatic carbocycles. The number of phenolic OH excluding ortho intramolecular Hbond substituents is 1. The number of hydrazone groups is 1. The van der Waals surface area contributed by atoms with Crippen LogP contribution in [-0.2, 0) is 4.79 Å². The number of hydrogen-bond donors (Lipinski definition) is 3. The molecule has 0 saturated heterocycles. The Bertz CT molecular complexity index is 821. The van der Waals surface area contributed by atoms with Crippen molar-refractivity contribution in [1.29, 1.82) is 0 Å². The van der Waals surface area contributed by atoms with Crippen LogP contribution < -0.4 is 10.7 Å². The second-order valence-corrected chi connectivity index (χ2v) is 5.85. The van der Waals surface area contributed by atoms with Crippen LogP contribution >= 0.6 is 23.2 Å². The summed E-state index contributed by atoms with van der Waals surface area (Å²) in [7, 11) is 0. The average molecular weight is 380 g/mol. The number of anilines is 1. The van der Waals surface area contributed by atoms with E-state index < -0.39 is 5.91 Å². The van der Waals surface area contributed by atoms with Gasteiger partial charge in [-0.2, -0.15) is 5.10 Å². The van der Waals surface area contributed by atoms with E-state index in [0.29, 0.717) is 22.7 Å². The van der Waals surface area contributed by atoms with Gasteiger partial charge in [-0.25, -0.2) is 5.43 Å². The van der Waals surface area contributed by atoms with Crippen molar-refractivity contribution in [2.24, 2.45) is 5.10 Å². The van der Waals surface area contributed by atoms with E-state index in [1.807, 2.05) is 0 Å². The van der Waals surface area contributed by atoms with Gasteiger partial charge in [0.2, 0.25) is 5.91 Å². The van der Waals surface area contributed by atoms with Crippen molar-refractivity contribution in [1.82, 2.24) is 5.43 Å². The Balaban J connectivity index is 2.02. The lowest BCUT2D eigenvalue weighted by atomic mass is 10.2. The Morgan fingerprint density at radius 1 is 1.20 bits per heavy atom. The molecule has 3 N–H and O–H groups in total. The molecule has 8 heteroatoms. The number of halogens is 2. The van der Waals surface area contributed by atoms with Gasteiger partial charge in [0.05, 0.1) is 11.2 Å². The lowest BCUT2D eigenvalue weighted by Crippen LogP contribution is -2.17. The maximum atomic E-state index is 12.0. The molecule has 0 spiro atoms. The normalized spacial score (nSPS) is 10.7. The van der Waals surface area contributed by atoms with Crippen molar-refractivity contribution in [3.63, 3.8) is 0 Å². The topological polar surface area (TPSA) is 90.8 Å². The highest BCUT2D eigenvalue weighted by Crippen LogP contribution is 2.29. The van der Waals surface area contributed by atoms with E-state index in [1.165, 1.54) is 18.3 Å². The monoisotopic (exact) mass is 379 g/mol. The molecule has 2 amide bonds. The molecule has 6 nitrogen and oxygen atoms in total. The molecular weight excluding hydrogens is 365 g/mol.